The number of Topliss-reactive ketones (excluding diaryl/α,β-unsaturated/α-hetero) is 2. The van der Waals surface area contributed by atoms with Gasteiger partial charge in [-0.3, -0.25) is 9.59 Å². The number of ether oxygens (including phenoxy) is 1. The standard InChI is InChI=1S/C22H34O4/c1-4-9-26-18-12-21(2)13(10-16(18)23)5-6-14-15-7-8-19(25)22(15,3)11-17(24)20(14)21/h13-16,18,20,23H,4-12H2,1-3H3. The van der Waals surface area contributed by atoms with Crippen LogP contribution in [0.3, 0.4) is 0 Å². The second-order valence-electron chi connectivity index (χ2n) is 9.97. The molecule has 0 spiro atoms. The van der Waals surface area contributed by atoms with Crippen molar-refractivity contribution in [1.82, 2.24) is 0 Å². The molecule has 0 aliphatic heterocycles. The van der Waals surface area contributed by atoms with Crippen molar-refractivity contribution in [3.8, 4) is 0 Å². The number of carbonyl (C=O) groups is 2. The van der Waals surface area contributed by atoms with E-state index in [9.17, 15) is 14.7 Å². The Morgan fingerprint density at radius 2 is 1.96 bits per heavy atom. The first-order chi connectivity index (χ1) is 12.3. The van der Waals surface area contributed by atoms with Crippen molar-refractivity contribution in [1.29, 1.82) is 0 Å². The maximum Gasteiger partial charge on any atom is 0.139 e. The lowest BCUT2D eigenvalue weighted by atomic mass is 9.44. The van der Waals surface area contributed by atoms with Gasteiger partial charge in [-0.1, -0.05) is 20.8 Å². The third-order valence-corrected chi connectivity index (χ3v) is 8.59. The summed E-state index contributed by atoms with van der Waals surface area (Å²) < 4.78 is 5.98. The molecule has 4 aliphatic carbocycles. The molecule has 8 atom stereocenters. The van der Waals surface area contributed by atoms with E-state index in [2.05, 4.69) is 13.8 Å². The Morgan fingerprint density at radius 3 is 2.69 bits per heavy atom. The molecule has 4 nitrogen and oxygen atoms in total. The van der Waals surface area contributed by atoms with Crippen LogP contribution in [0.5, 0.6) is 0 Å². The fourth-order valence-electron chi connectivity index (χ4n) is 7.29. The minimum Gasteiger partial charge on any atom is -0.390 e. The first kappa shape index (κ1) is 18.6. The zero-order valence-electron chi connectivity index (χ0n) is 16.5. The SMILES string of the molecule is CCCOC1CC2(C)C(CCC3C4CCC(=O)C4(C)CC(=O)C32)CC1O. The van der Waals surface area contributed by atoms with Crippen LogP contribution in [0.15, 0.2) is 0 Å². The molecule has 4 saturated carbocycles. The fourth-order valence-corrected chi connectivity index (χ4v) is 7.29. The van der Waals surface area contributed by atoms with E-state index in [0.29, 0.717) is 48.8 Å². The minimum atomic E-state index is -0.409. The van der Waals surface area contributed by atoms with E-state index >= 15 is 0 Å². The van der Waals surface area contributed by atoms with Crippen LogP contribution < -0.4 is 0 Å². The summed E-state index contributed by atoms with van der Waals surface area (Å²) >= 11 is 0. The van der Waals surface area contributed by atoms with E-state index < -0.39 is 11.5 Å². The number of carbonyl (C=O) groups excluding carboxylic acids is 2. The zero-order valence-corrected chi connectivity index (χ0v) is 16.5. The summed E-state index contributed by atoms with van der Waals surface area (Å²) in [6.45, 7) is 7.08. The van der Waals surface area contributed by atoms with Gasteiger partial charge in [-0.2, -0.15) is 0 Å². The van der Waals surface area contributed by atoms with E-state index in [1.807, 2.05) is 6.92 Å². The molecule has 0 radical (unpaired) electrons. The molecule has 4 heteroatoms. The monoisotopic (exact) mass is 362 g/mol. The third-order valence-electron chi connectivity index (χ3n) is 8.59. The molecular formula is C22H34O4. The predicted molar refractivity (Wildman–Crippen MR) is 98.5 cm³/mol. The van der Waals surface area contributed by atoms with Crippen molar-refractivity contribution < 1.29 is 19.4 Å². The van der Waals surface area contributed by atoms with E-state index in [0.717, 1.165) is 38.5 Å². The van der Waals surface area contributed by atoms with Crippen LogP contribution >= 0.6 is 0 Å². The second kappa shape index (κ2) is 6.41. The summed E-state index contributed by atoms with van der Waals surface area (Å²) in [7, 11) is 0. The van der Waals surface area contributed by atoms with Crippen molar-refractivity contribution in [2.75, 3.05) is 6.61 Å². The lowest BCUT2D eigenvalue weighted by molar-refractivity contribution is -0.179. The molecule has 26 heavy (non-hydrogen) atoms. The molecule has 0 heterocycles. The van der Waals surface area contributed by atoms with Crippen LogP contribution in [0.2, 0.25) is 0 Å². The highest BCUT2D eigenvalue weighted by Gasteiger charge is 2.64. The summed E-state index contributed by atoms with van der Waals surface area (Å²) in [4.78, 5) is 25.8. The average molecular weight is 363 g/mol. The molecule has 8 unspecified atom stereocenters. The third kappa shape index (κ3) is 2.55. The van der Waals surface area contributed by atoms with Crippen LogP contribution in [0.1, 0.15) is 72.1 Å². The first-order valence-electron chi connectivity index (χ1n) is 10.7. The highest BCUT2D eigenvalue weighted by atomic mass is 16.5. The molecule has 0 aromatic carbocycles. The van der Waals surface area contributed by atoms with Crippen LogP contribution in [0.4, 0.5) is 0 Å². The maximum atomic E-state index is 13.3. The Morgan fingerprint density at radius 1 is 1.19 bits per heavy atom. The van der Waals surface area contributed by atoms with Crippen LogP contribution in [0, 0.1) is 34.5 Å². The molecule has 0 aromatic rings. The molecule has 0 bridgehead atoms. The first-order valence-corrected chi connectivity index (χ1v) is 10.7. The van der Waals surface area contributed by atoms with E-state index in [4.69, 9.17) is 4.74 Å². The molecule has 0 amide bonds. The maximum absolute atomic E-state index is 13.3. The van der Waals surface area contributed by atoms with Gasteiger partial charge in [-0.05, 0) is 61.7 Å². The summed E-state index contributed by atoms with van der Waals surface area (Å²) in [5, 5.41) is 10.6. The zero-order chi connectivity index (χ0) is 18.7. The lowest BCUT2D eigenvalue weighted by Crippen LogP contribution is -2.60. The Hall–Kier alpha value is -0.740. The van der Waals surface area contributed by atoms with Gasteiger partial charge in [0.15, 0.2) is 0 Å². The minimum absolute atomic E-state index is 0.0467. The topological polar surface area (TPSA) is 63.6 Å². The number of ketones is 2. The van der Waals surface area contributed by atoms with Gasteiger partial charge in [-0.15, -0.1) is 0 Å². The number of aliphatic hydroxyl groups is 1. The molecule has 1 N–H and O–H groups in total. The van der Waals surface area contributed by atoms with Crippen molar-refractivity contribution in [2.45, 2.75) is 84.3 Å². The quantitative estimate of drug-likeness (QED) is 0.834. The molecule has 4 fully saturated rings. The number of hydrogen-bond donors (Lipinski definition) is 1. The summed E-state index contributed by atoms with van der Waals surface area (Å²) in [6.07, 6.45) is 6.07. The fraction of sp³-hybridized carbons (Fsp3) is 0.909. The largest absolute Gasteiger partial charge is 0.390 e. The van der Waals surface area contributed by atoms with E-state index in [1.54, 1.807) is 0 Å². The normalized spacial score (nSPS) is 50.9. The number of fused-ring (bicyclic) bond motifs is 5. The van der Waals surface area contributed by atoms with Gasteiger partial charge in [-0.25, -0.2) is 0 Å². The predicted octanol–water partition coefficient (Wildman–Crippen LogP) is 3.54. The van der Waals surface area contributed by atoms with Crippen LogP contribution in [-0.2, 0) is 14.3 Å². The number of rotatable bonds is 3. The summed E-state index contributed by atoms with van der Waals surface area (Å²) in [5.74, 6) is 1.77. The van der Waals surface area contributed by atoms with Gasteiger partial charge in [0.2, 0.25) is 0 Å². The van der Waals surface area contributed by atoms with Crippen LogP contribution in [0.25, 0.3) is 0 Å². The Labute approximate surface area is 157 Å². The second-order valence-corrected chi connectivity index (χ2v) is 9.97. The van der Waals surface area contributed by atoms with Gasteiger partial charge in [0.25, 0.3) is 0 Å². The van der Waals surface area contributed by atoms with Crippen molar-refractivity contribution in [3.63, 3.8) is 0 Å². The lowest BCUT2D eigenvalue weighted by Gasteiger charge is -2.59. The Kier molecular flexibility index (Phi) is 4.59. The van der Waals surface area contributed by atoms with Crippen molar-refractivity contribution in [3.05, 3.63) is 0 Å². The molecule has 0 saturated heterocycles. The summed E-state index contributed by atoms with van der Waals surface area (Å²) in [6, 6.07) is 0. The van der Waals surface area contributed by atoms with E-state index in [-0.39, 0.29) is 17.4 Å². The molecule has 0 aromatic heterocycles. The van der Waals surface area contributed by atoms with Gasteiger partial charge in [0.1, 0.15) is 11.6 Å². The van der Waals surface area contributed by atoms with Crippen molar-refractivity contribution in [2.24, 2.45) is 34.5 Å². The average Bonchev–Trinajstić information content (AvgIpc) is 2.88. The van der Waals surface area contributed by atoms with Crippen molar-refractivity contribution >= 4 is 11.6 Å². The molecule has 4 aliphatic rings. The van der Waals surface area contributed by atoms with Gasteiger partial charge < -0.3 is 9.84 Å². The Bertz CT molecular complexity index is 601. The van der Waals surface area contributed by atoms with Gasteiger partial charge in [0.05, 0.1) is 12.2 Å². The Balaban J connectivity index is 1.64. The highest BCUT2D eigenvalue weighted by molar-refractivity contribution is 5.95. The van der Waals surface area contributed by atoms with Gasteiger partial charge >= 0.3 is 0 Å². The highest BCUT2D eigenvalue weighted by Crippen LogP contribution is 2.64. The number of hydrogen-bond acceptors (Lipinski definition) is 4. The number of aliphatic hydroxyl groups excluding tert-OH is 1. The molecule has 4 rings (SSSR count). The molecular weight excluding hydrogens is 328 g/mol. The molecule has 146 valence electrons. The van der Waals surface area contributed by atoms with Gasteiger partial charge in [0, 0.05) is 30.8 Å². The van der Waals surface area contributed by atoms with E-state index in [1.165, 1.54) is 0 Å². The van der Waals surface area contributed by atoms with Crippen LogP contribution in [-0.4, -0.2) is 35.5 Å². The smallest absolute Gasteiger partial charge is 0.139 e. The summed E-state index contributed by atoms with van der Waals surface area (Å²) in [5.41, 5.74) is -0.502.